The number of aromatic nitrogens is 1. The highest BCUT2D eigenvalue weighted by atomic mass is 127. The summed E-state index contributed by atoms with van der Waals surface area (Å²) in [5.41, 5.74) is 4.24. The molecule has 0 bridgehead atoms. The van der Waals surface area contributed by atoms with Gasteiger partial charge in [-0.2, -0.15) is 0 Å². The fraction of sp³-hybridized carbons (Fsp3) is 0.0455. The molecule has 0 saturated heterocycles. The van der Waals surface area contributed by atoms with Gasteiger partial charge in [-0.25, -0.2) is 0 Å². The first-order valence-corrected chi connectivity index (χ1v) is 9.24. The lowest BCUT2D eigenvalue weighted by Gasteiger charge is -2.16. The Bertz CT molecular complexity index is 1090. The van der Waals surface area contributed by atoms with Gasteiger partial charge in [-0.15, -0.1) is 0 Å². The van der Waals surface area contributed by atoms with Crippen LogP contribution in [0.2, 0.25) is 0 Å². The van der Waals surface area contributed by atoms with Crippen LogP contribution < -0.4 is 5.56 Å². The van der Waals surface area contributed by atoms with E-state index in [9.17, 15) is 4.79 Å². The Kier molecular flexibility index (Phi) is 4.40. The maximum absolute atomic E-state index is 13.1. The van der Waals surface area contributed by atoms with Crippen molar-refractivity contribution in [1.82, 2.24) is 4.57 Å². The summed E-state index contributed by atoms with van der Waals surface area (Å²) >= 11 is 2.19. The van der Waals surface area contributed by atoms with Crippen LogP contribution in [0.25, 0.3) is 22.0 Å². The monoisotopic (exact) mass is 437 g/mol. The van der Waals surface area contributed by atoms with Gasteiger partial charge in [0, 0.05) is 10.9 Å². The summed E-state index contributed by atoms with van der Waals surface area (Å²) in [6.45, 7) is 0.575. The molecule has 0 unspecified atom stereocenters. The highest BCUT2D eigenvalue weighted by Crippen LogP contribution is 2.31. The summed E-state index contributed by atoms with van der Waals surface area (Å²) in [7, 11) is 0. The van der Waals surface area contributed by atoms with Crippen LogP contribution >= 0.6 is 22.6 Å². The fourth-order valence-corrected chi connectivity index (χ4v) is 4.08. The Labute approximate surface area is 159 Å². The van der Waals surface area contributed by atoms with Crippen molar-refractivity contribution >= 4 is 33.5 Å². The van der Waals surface area contributed by atoms with Crippen molar-refractivity contribution in [2.45, 2.75) is 6.54 Å². The molecule has 1 aromatic heterocycles. The SMILES string of the molecule is O=c1c(I)c(-c2ccccc2)c2ccccc2n1Cc1ccccc1. The highest BCUT2D eigenvalue weighted by Gasteiger charge is 2.16. The summed E-state index contributed by atoms with van der Waals surface area (Å²) < 4.78 is 2.64. The third kappa shape index (κ3) is 3.00. The number of hydrogen-bond donors (Lipinski definition) is 0. The largest absolute Gasteiger partial charge is 0.303 e. The molecule has 0 amide bonds. The standard InChI is InChI=1S/C22H16INO/c23-21-20(17-11-5-2-6-12-17)18-13-7-8-14-19(18)24(22(21)25)15-16-9-3-1-4-10-16/h1-14H,15H2. The molecule has 0 spiro atoms. The van der Waals surface area contributed by atoms with Gasteiger partial charge in [0.1, 0.15) is 0 Å². The Morgan fingerprint density at radius 2 is 1.36 bits per heavy atom. The molecule has 0 N–H and O–H groups in total. The quantitative estimate of drug-likeness (QED) is 0.398. The average molecular weight is 437 g/mol. The van der Waals surface area contributed by atoms with E-state index in [0.717, 1.165) is 31.2 Å². The van der Waals surface area contributed by atoms with E-state index in [2.05, 4.69) is 52.9 Å². The van der Waals surface area contributed by atoms with Crippen molar-refractivity contribution in [3.05, 3.63) is 104 Å². The molecule has 25 heavy (non-hydrogen) atoms. The number of rotatable bonds is 3. The number of halogens is 1. The van der Waals surface area contributed by atoms with Crippen molar-refractivity contribution in [3.8, 4) is 11.1 Å². The first-order chi connectivity index (χ1) is 12.3. The zero-order valence-corrected chi connectivity index (χ0v) is 15.7. The predicted molar refractivity (Wildman–Crippen MR) is 112 cm³/mol. The molecule has 0 atom stereocenters. The number of para-hydroxylation sites is 1. The van der Waals surface area contributed by atoms with Gasteiger partial charge in [-0.1, -0.05) is 78.9 Å². The normalized spacial score (nSPS) is 10.9. The molecule has 0 saturated carbocycles. The molecular formula is C22H16INO. The van der Waals surface area contributed by atoms with Crippen molar-refractivity contribution in [2.24, 2.45) is 0 Å². The van der Waals surface area contributed by atoms with Crippen LogP contribution in [0.5, 0.6) is 0 Å². The lowest BCUT2D eigenvalue weighted by Crippen LogP contribution is -2.24. The second-order valence-corrected chi connectivity index (χ2v) is 7.03. The molecule has 0 aliphatic carbocycles. The van der Waals surface area contributed by atoms with Crippen molar-refractivity contribution in [2.75, 3.05) is 0 Å². The summed E-state index contributed by atoms with van der Waals surface area (Å²) in [5, 5.41) is 1.11. The number of benzene rings is 3. The Balaban J connectivity index is 2.01. The first kappa shape index (κ1) is 16.1. The van der Waals surface area contributed by atoms with E-state index in [-0.39, 0.29) is 5.56 Å². The van der Waals surface area contributed by atoms with E-state index in [0.29, 0.717) is 6.54 Å². The van der Waals surface area contributed by atoms with Crippen LogP contribution in [0.1, 0.15) is 5.56 Å². The number of fused-ring (bicyclic) bond motifs is 1. The van der Waals surface area contributed by atoms with Crippen LogP contribution in [-0.2, 0) is 6.54 Å². The zero-order chi connectivity index (χ0) is 17.2. The predicted octanol–water partition coefficient (Wildman–Crippen LogP) is 5.32. The highest BCUT2D eigenvalue weighted by molar-refractivity contribution is 14.1. The fourth-order valence-electron chi connectivity index (χ4n) is 3.18. The molecule has 2 nitrogen and oxygen atoms in total. The van der Waals surface area contributed by atoms with E-state index in [1.165, 1.54) is 0 Å². The van der Waals surface area contributed by atoms with E-state index in [1.807, 2.05) is 59.2 Å². The number of nitrogens with zero attached hydrogens (tertiary/aromatic N) is 1. The molecule has 3 heteroatoms. The first-order valence-electron chi connectivity index (χ1n) is 8.16. The minimum Gasteiger partial charge on any atom is -0.303 e. The van der Waals surface area contributed by atoms with Crippen LogP contribution in [0, 0.1) is 3.57 Å². The Morgan fingerprint density at radius 3 is 2.08 bits per heavy atom. The minimum absolute atomic E-state index is 0.0574. The second kappa shape index (κ2) is 6.84. The number of hydrogen-bond acceptors (Lipinski definition) is 1. The van der Waals surface area contributed by atoms with E-state index in [4.69, 9.17) is 0 Å². The maximum Gasteiger partial charge on any atom is 0.265 e. The van der Waals surface area contributed by atoms with Gasteiger partial charge in [0.2, 0.25) is 0 Å². The van der Waals surface area contributed by atoms with Gasteiger partial charge >= 0.3 is 0 Å². The number of pyridine rings is 1. The van der Waals surface area contributed by atoms with E-state index in [1.54, 1.807) is 0 Å². The zero-order valence-electron chi connectivity index (χ0n) is 13.5. The molecule has 0 radical (unpaired) electrons. The molecule has 4 aromatic rings. The molecule has 4 rings (SSSR count). The second-order valence-electron chi connectivity index (χ2n) is 5.95. The molecule has 3 aromatic carbocycles. The molecule has 0 aliphatic rings. The molecule has 122 valence electrons. The van der Waals surface area contributed by atoms with Crippen LogP contribution in [0.4, 0.5) is 0 Å². The smallest absolute Gasteiger partial charge is 0.265 e. The average Bonchev–Trinajstić information content (AvgIpc) is 2.67. The third-order valence-corrected chi connectivity index (χ3v) is 5.36. The lowest BCUT2D eigenvalue weighted by molar-refractivity contribution is 0.790. The van der Waals surface area contributed by atoms with E-state index >= 15 is 0 Å². The summed E-state index contributed by atoms with van der Waals surface area (Å²) in [4.78, 5) is 13.1. The van der Waals surface area contributed by atoms with Crippen molar-refractivity contribution in [3.63, 3.8) is 0 Å². The third-order valence-electron chi connectivity index (χ3n) is 4.36. The summed E-state index contributed by atoms with van der Waals surface area (Å²) in [5.74, 6) is 0. The van der Waals surface area contributed by atoms with Gasteiger partial charge in [0.15, 0.2) is 0 Å². The van der Waals surface area contributed by atoms with Gasteiger partial charge in [0.25, 0.3) is 5.56 Å². The lowest BCUT2D eigenvalue weighted by atomic mass is 10.0. The van der Waals surface area contributed by atoms with Crippen LogP contribution in [0.3, 0.4) is 0 Å². The summed E-state index contributed by atoms with van der Waals surface area (Å²) in [6, 6.07) is 28.4. The molecule has 0 fully saturated rings. The molecular weight excluding hydrogens is 421 g/mol. The Hall–Kier alpha value is -2.40. The minimum atomic E-state index is 0.0574. The molecule has 0 aliphatic heterocycles. The van der Waals surface area contributed by atoms with Crippen LogP contribution in [0.15, 0.2) is 89.7 Å². The topological polar surface area (TPSA) is 22.0 Å². The van der Waals surface area contributed by atoms with Crippen LogP contribution in [-0.4, -0.2) is 4.57 Å². The van der Waals surface area contributed by atoms with Gasteiger partial charge in [-0.3, -0.25) is 4.79 Å². The van der Waals surface area contributed by atoms with E-state index < -0.39 is 0 Å². The summed E-state index contributed by atoms with van der Waals surface area (Å²) in [6.07, 6.45) is 0. The van der Waals surface area contributed by atoms with Gasteiger partial charge in [-0.05, 0) is 39.8 Å². The van der Waals surface area contributed by atoms with Gasteiger partial charge in [0.05, 0.1) is 15.6 Å². The Morgan fingerprint density at radius 1 is 0.760 bits per heavy atom. The van der Waals surface area contributed by atoms with Crippen molar-refractivity contribution in [1.29, 1.82) is 0 Å². The molecule has 1 heterocycles. The maximum atomic E-state index is 13.1. The van der Waals surface area contributed by atoms with Gasteiger partial charge < -0.3 is 4.57 Å². The van der Waals surface area contributed by atoms with Crippen molar-refractivity contribution < 1.29 is 0 Å².